The third-order valence-electron chi connectivity index (χ3n) is 3.51. The normalized spacial score (nSPS) is 17.7. The van der Waals surface area contributed by atoms with E-state index in [1.54, 1.807) is 7.11 Å². The molecule has 3 nitrogen and oxygen atoms in total. The van der Waals surface area contributed by atoms with E-state index in [9.17, 15) is 4.39 Å². The zero-order valence-electron chi connectivity index (χ0n) is 11.1. The molecule has 0 saturated carbocycles. The Balaban J connectivity index is 1.95. The molecule has 0 radical (unpaired) electrons. The first-order chi connectivity index (χ1) is 8.71. The van der Waals surface area contributed by atoms with Gasteiger partial charge < -0.3 is 15.0 Å². The highest BCUT2D eigenvalue weighted by Gasteiger charge is 2.18. The molecule has 0 atom stereocenters. The predicted molar refractivity (Wildman–Crippen MR) is 71.7 cm³/mol. The molecule has 4 heteroatoms. The maximum Gasteiger partial charge on any atom is 0.128 e. The van der Waals surface area contributed by atoms with Crippen LogP contribution in [0.5, 0.6) is 5.75 Å². The van der Waals surface area contributed by atoms with E-state index < -0.39 is 0 Å². The monoisotopic (exact) mass is 252 g/mol. The second-order valence-corrected chi connectivity index (χ2v) is 4.73. The highest BCUT2D eigenvalue weighted by molar-refractivity contribution is 5.49. The van der Waals surface area contributed by atoms with E-state index in [0.717, 1.165) is 38.2 Å². The van der Waals surface area contributed by atoms with Crippen LogP contribution in [-0.4, -0.2) is 37.7 Å². The van der Waals surface area contributed by atoms with Crippen molar-refractivity contribution in [3.63, 3.8) is 0 Å². The minimum Gasteiger partial charge on any atom is -0.497 e. The van der Waals surface area contributed by atoms with Gasteiger partial charge in [-0.3, -0.25) is 0 Å². The van der Waals surface area contributed by atoms with Gasteiger partial charge in [-0.25, -0.2) is 4.39 Å². The minimum absolute atomic E-state index is 0.261. The first-order valence-corrected chi connectivity index (χ1v) is 6.54. The van der Waals surface area contributed by atoms with Crippen molar-refractivity contribution in [2.45, 2.75) is 25.8 Å². The Labute approximate surface area is 108 Å². The lowest BCUT2D eigenvalue weighted by Crippen LogP contribution is -2.38. The zero-order chi connectivity index (χ0) is 13.0. The molecule has 1 aliphatic rings. The summed E-state index contributed by atoms with van der Waals surface area (Å²) in [5.41, 5.74) is 0.807. The second kappa shape index (κ2) is 6.05. The molecule has 0 aromatic heterocycles. The highest BCUT2D eigenvalue weighted by Crippen LogP contribution is 2.22. The number of methoxy groups -OCH3 is 1. The molecule has 1 aromatic carbocycles. The Morgan fingerprint density at radius 3 is 2.67 bits per heavy atom. The maximum atomic E-state index is 13.4. The van der Waals surface area contributed by atoms with Crippen molar-refractivity contribution in [3.05, 3.63) is 24.0 Å². The van der Waals surface area contributed by atoms with Crippen molar-refractivity contribution in [1.82, 2.24) is 4.90 Å². The molecule has 18 heavy (non-hydrogen) atoms. The summed E-state index contributed by atoms with van der Waals surface area (Å²) in [5.74, 6) is 0.298. The number of rotatable bonds is 4. The van der Waals surface area contributed by atoms with Gasteiger partial charge in [0.1, 0.15) is 11.6 Å². The largest absolute Gasteiger partial charge is 0.497 e. The van der Waals surface area contributed by atoms with Crippen LogP contribution in [0.2, 0.25) is 0 Å². The molecular formula is C14H21FN2O. The fourth-order valence-electron chi connectivity index (χ4n) is 2.39. The first kappa shape index (κ1) is 13.1. The van der Waals surface area contributed by atoms with E-state index in [4.69, 9.17) is 4.74 Å². The molecule has 1 saturated heterocycles. The number of benzene rings is 1. The molecule has 100 valence electrons. The second-order valence-electron chi connectivity index (χ2n) is 4.73. The minimum atomic E-state index is -0.261. The molecule has 0 amide bonds. The van der Waals surface area contributed by atoms with Crippen molar-refractivity contribution in [1.29, 1.82) is 0 Å². The van der Waals surface area contributed by atoms with Crippen molar-refractivity contribution in [3.8, 4) is 5.75 Å². The molecule has 0 bridgehead atoms. The van der Waals surface area contributed by atoms with Crippen LogP contribution >= 0.6 is 0 Å². The lowest BCUT2D eigenvalue weighted by Gasteiger charge is -2.32. The average Bonchev–Trinajstić information content (AvgIpc) is 2.39. The molecule has 1 heterocycles. The number of likely N-dealkylation sites (tertiary alicyclic amines) is 1. The topological polar surface area (TPSA) is 24.5 Å². The Hall–Kier alpha value is -1.29. The van der Waals surface area contributed by atoms with Crippen molar-refractivity contribution < 1.29 is 9.13 Å². The molecular weight excluding hydrogens is 231 g/mol. The van der Waals surface area contributed by atoms with Crippen LogP contribution in [0.4, 0.5) is 10.1 Å². The Morgan fingerprint density at radius 1 is 1.33 bits per heavy atom. The molecule has 2 rings (SSSR count). The van der Waals surface area contributed by atoms with Crippen LogP contribution in [0.3, 0.4) is 0 Å². The quantitative estimate of drug-likeness (QED) is 0.891. The molecule has 0 aliphatic carbocycles. The van der Waals surface area contributed by atoms with Crippen LogP contribution in [0.15, 0.2) is 18.2 Å². The summed E-state index contributed by atoms with van der Waals surface area (Å²) < 4.78 is 18.4. The summed E-state index contributed by atoms with van der Waals surface area (Å²) in [4.78, 5) is 2.43. The summed E-state index contributed by atoms with van der Waals surface area (Å²) in [6, 6.07) is 5.19. The highest BCUT2D eigenvalue weighted by atomic mass is 19.1. The smallest absolute Gasteiger partial charge is 0.128 e. The van der Waals surface area contributed by atoms with Crippen LogP contribution in [0, 0.1) is 5.82 Å². The Morgan fingerprint density at radius 2 is 2.06 bits per heavy atom. The third kappa shape index (κ3) is 3.35. The van der Waals surface area contributed by atoms with Gasteiger partial charge in [0.2, 0.25) is 0 Å². The lowest BCUT2D eigenvalue weighted by molar-refractivity contribution is 0.229. The van der Waals surface area contributed by atoms with Gasteiger partial charge in [-0.15, -0.1) is 0 Å². The van der Waals surface area contributed by atoms with Gasteiger partial charge in [0.25, 0.3) is 0 Å². The molecule has 0 unspecified atom stereocenters. The fraction of sp³-hybridized carbons (Fsp3) is 0.571. The van der Waals surface area contributed by atoms with Crippen molar-refractivity contribution in [2.75, 3.05) is 32.1 Å². The number of halogens is 1. The number of hydrogen-bond donors (Lipinski definition) is 1. The van der Waals surface area contributed by atoms with E-state index >= 15 is 0 Å². The van der Waals surface area contributed by atoms with Gasteiger partial charge in [0.15, 0.2) is 0 Å². The van der Waals surface area contributed by atoms with Crippen molar-refractivity contribution in [2.24, 2.45) is 0 Å². The lowest BCUT2D eigenvalue weighted by atomic mass is 10.0. The standard InChI is InChI=1S/C14H21FN2O/c1-3-17-6-4-12(5-7-17)16-13-8-11(15)9-14(10-13)18-2/h8-10,12,16H,3-7H2,1-2H3. The fourth-order valence-corrected chi connectivity index (χ4v) is 2.39. The summed E-state index contributed by atoms with van der Waals surface area (Å²) in [5, 5.41) is 3.39. The summed E-state index contributed by atoms with van der Waals surface area (Å²) in [7, 11) is 1.55. The van der Waals surface area contributed by atoms with Crippen LogP contribution in [0.1, 0.15) is 19.8 Å². The number of piperidine rings is 1. The predicted octanol–water partition coefficient (Wildman–Crippen LogP) is 2.73. The van der Waals surface area contributed by atoms with Crippen LogP contribution < -0.4 is 10.1 Å². The van der Waals surface area contributed by atoms with Gasteiger partial charge in [-0.05, 0) is 25.5 Å². The van der Waals surface area contributed by atoms with Crippen LogP contribution in [0.25, 0.3) is 0 Å². The SMILES string of the molecule is CCN1CCC(Nc2cc(F)cc(OC)c2)CC1. The van der Waals surface area contributed by atoms with Gasteiger partial charge in [-0.1, -0.05) is 6.92 Å². The number of ether oxygens (including phenoxy) is 1. The van der Waals surface area contributed by atoms with E-state index in [0.29, 0.717) is 11.8 Å². The van der Waals surface area contributed by atoms with Gasteiger partial charge in [-0.2, -0.15) is 0 Å². The average molecular weight is 252 g/mol. The summed E-state index contributed by atoms with van der Waals surface area (Å²) in [6.07, 6.45) is 2.21. The van der Waals surface area contributed by atoms with Crippen molar-refractivity contribution >= 4 is 5.69 Å². The summed E-state index contributed by atoms with van der Waals surface area (Å²) >= 11 is 0. The van der Waals surface area contributed by atoms with E-state index in [2.05, 4.69) is 17.1 Å². The first-order valence-electron chi connectivity index (χ1n) is 6.54. The van der Waals surface area contributed by atoms with E-state index in [1.807, 2.05) is 6.07 Å². The van der Waals surface area contributed by atoms with Crippen LogP contribution in [-0.2, 0) is 0 Å². The van der Waals surface area contributed by atoms with Gasteiger partial charge in [0.05, 0.1) is 7.11 Å². The molecule has 1 fully saturated rings. The molecule has 1 aliphatic heterocycles. The molecule has 1 N–H and O–H groups in total. The Bertz CT molecular complexity index is 389. The number of nitrogens with one attached hydrogen (secondary N) is 1. The molecule has 1 aromatic rings. The van der Waals surface area contributed by atoms with Gasteiger partial charge >= 0.3 is 0 Å². The number of anilines is 1. The van der Waals surface area contributed by atoms with Gasteiger partial charge in [0, 0.05) is 37.0 Å². The number of nitrogens with zero attached hydrogens (tertiary/aromatic N) is 1. The van der Waals surface area contributed by atoms with E-state index in [1.165, 1.54) is 12.1 Å². The Kier molecular flexibility index (Phi) is 4.42. The summed E-state index contributed by atoms with van der Waals surface area (Å²) in [6.45, 7) is 5.52. The number of hydrogen-bond acceptors (Lipinski definition) is 3. The maximum absolute atomic E-state index is 13.4. The zero-order valence-corrected chi connectivity index (χ0v) is 11.1. The molecule has 0 spiro atoms. The van der Waals surface area contributed by atoms with E-state index in [-0.39, 0.29) is 5.82 Å². The third-order valence-corrected chi connectivity index (χ3v) is 3.51.